The number of benzene rings is 2. The number of nitrogens with one attached hydrogen (secondary N) is 1. The minimum atomic E-state index is -0.153. The van der Waals surface area contributed by atoms with Crippen LogP contribution in [0.3, 0.4) is 0 Å². The van der Waals surface area contributed by atoms with E-state index in [1.54, 1.807) is 11.8 Å². The van der Waals surface area contributed by atoms with Gasteiger partial charge in [-0.3, -0.25) is 14.2 Å². The standard InChI is InChI=1S/C18H14N2O2S/c1-10(21)16-9-12-15(20(16)11(2)22)8-7-14-18(12)23-17-6-4-3-5-13(17)19-14/h3-9,19H,1-2H3. The summed E-state index contributed by atoms with van der Waals surface area (Å²) >= 11 is 1.66. The first-order valence-corrected chi connectivity index (χ1v) is 8.12. The number of nitrogens with zero attached hydrogens (tertiary/aromatic N) is 1. The van der Waals surface area contributed by atoms with Crippen molar-refractivity contribution in [2.24, 2.45) is 0 Å². The van der Waals surface area contributed by atoms with Gasteiger partial charge in [-0.25, -0.2) is 0 Å². The van der Waals surface area contributed by atoms with Crippen molar-refractivity contribution in [3.8, 4) is 0 Å². The van der Waals surface area contributed by atoms with Gasteiger partial charge in [-0.05, 0) is 30.3 Å². The van der Waals surface area contributed by atoms with Crippen LogP contribution in [0.1, 0.15) is 29.1 Å². The summed E-state index contributed by atoms with van der Waals surface area (Å²) < 4.78 is 1.50. The monoisotopic (exact) mass is 322 g/mol. The zero-order chi connectivity index (χ0) is 16.1. The number of carbonyl (C=O) groups excluding carboxylic acids is 2. The summed E-state index contributed by atoms with van der Waals surface area (Å²) in [6.07, 6.45) is 0. The molecular formula is C18H14N2O2S. The molecule has 0 unspecified atom stereocenters. The van der Waals surface area contributed by atoms with Crippen molar-refractivity contribution in [3.05, 3.63) is 48.2 Å². The lowest BCUT2D eigenvalue weighted by Crippen LogP contribution is -2.12. The summed E-state index contributed by atoms with van der Waals surface area (Å²) in [4.78, 5) is 26.1. The molecule has 0 atom stereocenters. The van der Waals surface area contributed by atoms with Crippen molar-refractivity contribution in [2.45, 2.75) is 23.6 Å². The fourth-order valence-electron chi connectivity index (χ4n) is 2.98. The first kappa shape index (κ1) is 14.1. The van der Waals surface area contributed by atoms with Gasteiger partial charge in [0.15, 0.2) is 5.78 Å². The molecular weight excluding hydrogens is 308 g/mol. The lowest BCUT2D eigenvalue weighted by Gasteiger charge is -2.21. The molecule has 0 fully saturated rings. The normalized spacial score (nSPS) is 12.4. The highest BCUT2D eigenvalue weighted by molar-refractivity contribution is 8.00. The van der Waals surface area contributed by atoms with E-state index in [0.29, 0.717) is 5.69 Å². The Morgan fingerprint density at radius 3 is 2.57 bits per heavy atom. The van der Waals surface area contributed by atoms with Gasteiger partial charge in [-0.15, -0.1) is 0 Å². The Balaban J connectivity index is 1.99. The van der Waals surface area contributed by atoms with Gasteiger partial charge in [0.05, 0.1) is 22.6 Å². The van der Waals surface area contributed by atoms with Gasteiger partial charge in [0.2, 0.25) is 5.91 Å². The number of carbonyl (C=O) groups is 2. The van der Waals surface area contributed by atoms with E-state index in [1.165, 1.54) is 18.4 Å². The minimum absolute atomic E-state index is 0.112. The highest BCUT2D eigenvalue weighted by Crippen LogP contribution is 2.47. The van der Waals surface area contributed by atoms with Crippen molar-refractivity contribution >= 4 is 45.7 Å². The number of ketones is 1. The van der Waals surface area contributed by atoms with E-state index in [4.69, 9.17) is 0 Å². The molecule has 23 heavy (non-hydrogen) atoms. The maximum atomic E-state index is 12.0. The van der Waals surface area contributed by atoms with E-state index in [0.717, 1.165) is 32.1 Å². The molecule has 2 heterocycles. The summed E-state index contributed by atoms with van der Waals surface area (Å²) in [7, 11) is 0. The van der Waals surface area contributed by atoms with Crippen LogP contribution in [-0.4, -0.2) is 16.3 Å². The summed E-state index contributed by atoms with van der Waals surface area (Å²) in [6, 6.07) is 13.8. The number of anilines is 2. The van der Waals surface area contributed by atoms with Gasteiger partial charge in [0.25, 0.3) is 0 Å². The fourth-order valence-corrected chi connectivity index (χ4v) is 4.07. The maximum absolute atomic E-state index is 12.0. The van der Waals surface area contributed by atoms with Crippen LogP contribution in [0.2, 0.25) is 0 Å². The van der Waals surface area contributed by atoms with Crippen LogP contribution in [0.5, 0.6) is 0 Å². The van der Waals surface area contributed by atoms with Crippen molar-refractivity contribution in [3.63, 3.8) is 0 Å². The molecule has 1 aliphatic rings. The van der Waals surface area contributed by atoms with Gasteiger partial charge in [0, 0.05) is 29.0 Å². The van der Waals surface area contributed by atoms with Crippen LogP contribution in [-0.2, 0) is 0 Å². The zero-order valence-corrected chi connectivity index (χ0v) is 13.5. The predicted molar refractivity (Wildman–Crippen MR) is 92.1 cm³/mol. The Bertz CT molecular complexity index is 988. The molecule has 0 spiro atoms. The number of hydrogen-bond donors (Lipinski definition) is 1. The molecule has 1 aliphatic heterocycles. The zero-order valence-electron chi connectivity index (χ0n) is 12.7. The summed E-state index contributed by atoms with van der Waals surface area (Å²) in [5.74, 6) is -0.265. The number of para-hydroxylation sites is 1. The van der Waals surface area contributed by atoms with Crippen molar-refractivity contribution in [1.29, 1.82) is 0 Å². The SMILES string of the molecule is CC(=O)c1cc2c3c(ccc2n1C(C)=O)Nc1ccccc1S3. The molecule has 1 N–H and O–H groups in total. The van der Waals surface area contributed by atoms with E-state index in [-0.39, 0.29) is 11.7 Å². The minimum Gasteiger partial charge on any atom is -0.354 e. The molecule has 4 rings (SSSR count). The Kier molecular flexibility index (Phi) is 3.06. The molecule has 0 saturated carbocycles. The second-order valence-electron chi connectivity index (χ2n) is 5.54. The van der Waals surface area contributed by atoms with E-state index in [1.807, 2.05) is 36.4 Å². The van der Waals surface area contributed by atoms with Gasteiger partial charge < -0.3 is 5.32 Å². The lowest BCUT2D eigenvalue weighted by atomic mass is 10.2. The molecule has 5 heteroatoms. The first-order valence-electron chi connectivity index (χ1n) is 7.30. The summed E-state index contributed by atoms with van der Waals surface area (Å²) in [5, 5.41) is 4.35. The van der Waals surface area contributed by atoms with Crippen LogP contribution < -0.4 is 5.32 Å². The molecule has 3 aromatic rings. The van der Waals surface area contributed by atoms with Crippen molar-refractivity contribution in [2.75, 3.05) is 5.32 Å². The molecule has 114 valence electrons. The highest BCUT2D eigenvalue weighted by Gasteiger charge is 2.22. The number of aromatic nitrogens is 1. The van der Waals surface area contributed by atoms with Gasteiger partial charge in [-0.2, -0.15) is 0 Å². The van der Waals surface area contributed by atoms with E-state index in [2.05, 4.69) is 11.4 Å². The van der Waals surface area contributed by atoms with Crippen LogP contribution in [0, 0.1) is 0 Å². The molecule has 0 radical (unpaired) electrons. The first-order chi connectivity index (χ1) is 11.1. The third-order valence-electron chi connectivity index (χ3n) is 3.98. The predicted octanol–water partition coefficient (Wildman–Crippen LogP) is 4.71. The summed E-state index contributed by atoms with van der Waals surface area (Å²) in [5.41, 5.74) is 3.27. The molecule has 0 saturated heterocycles. The number of rotatable bonds is 1. The molecule has 2 aromatic carbocycles. The van der Waals surface area contributed by atoms with Crippen LogP contribution in [0.25, 0.3) is 10.9 Å². The average Bonchev–Trinajstić information content (AvgIpc) is 2.93. The Hall–Kier alpha value is -2.53. The molecule has 0 amide bonds. The Morgan fingerprint density at radius 2 is 1.83 bits per heavy atom. The second-order valence-corrected chi connectivity index (χ2v) is 6.59. The highest BCUT2D eigenvalue weighted by atomic mass is 32.2. The van der Waals surface area contributed by atoms with Crippen LogP contribution in [0.15, 0.2) is 52.3 Å². The lowest BCUT2D eigenvalue weighted by molar-refractivity contribution is 0.0913. The van der Waals surface area contributed by atoms with Gasteiger partial charge >= 0.3 is 0 Å². The molecule has 0 bridgehead atoms. The van der Waals surface area contributed by atoms with E-state index >= 15 is 0 Å². The molecule has 0 aliphatic carbocycles. The smallest absolute Gasteiger partial charge is 0.228 e. The van der Waals surface area contributed by atoms with Gasteiger partial charge in [-0.1, -0.05) is 23.9 Å². The Morgan fingerprint density at radius 1 is 1.04 bits per heavy atom. The Labute approximate surface area is 137 Å². The van der Waals surface area contributed by atoms with Crippen molar-refractivity contribution < 1.29 is 9.59 Å². The third-order valence-corrected chi connectivity index (χ3v) is 5.20. The molecule has 1 aromatic heterocycles. The van der Waals surface area contributed by atoms with Crippen LogP contribution in [0.4, 0.5) is 11.4 Å². The largest absolute Gasteiger partial charge is 0.354 e. The van der Waals surface area contributed by atoms with E-state index in [9.17, 15) is 9.59 Å². The number of Topliss-reactive ketones (excluding diaryl/α,β-unsaturated/α-hetero) is 1. The molecule has 4 nitrogen and oxygen atoms in total. The quantitative estimate of drug-likeness (QED) is 0.516. The number of hydrogen-bond acceptors (Lipinski definition) is 4. The number of fused-ring (bicyclic) bond motifs is 4. The van der Waals surface area contributed by atoms with E-state index < -0.39 is 0 Å². The third kappa shape index (κ3) is 2.08. The second kappa shape index (κ2) is 4.99. The summed E-state index contributed by atoms with van der Waals surface area (Å²) in [6.45, 7) is 2.97. The fraction of sp³-hybridized carbons (Fsp3) is 0.111. The van der Waals surface area contributed by atoms with Gasteiger partial charge in [0.1, 0.15) is 0 Å². The van der Waals surface area contributed by atoms with Crippen LogP contribution >= 0.6 is 11.8 Å². The average molecular weight is 322 g/mol. The topological polar surface area (TPSA) is 51.1 Å². The van der Waals surface area contributed by atoms with Crippen molar-refractivity contribution in [1.82, 2.24) is 4.57 Å². The maximum Gasteiger partial charge on any atom is 0.228 e.